The van der Waals surface area contributed by atoms with Crippen LogP contribution < -0.4 is 14.9 Å². The van der Waals surface area contributed by atoms with Crippen molar-refractivity contribution in [1.29, 1.82) is 0 Å². The zero-order valence-corrected chi connectivity index (χ0v) is 13.9. The second-order valence-corrected chi connectivity index (χ2v) is 5.28. The van der Waals surface area contributed by atoms with E-state index in [0.29, 0.717) is 23.7 Å². The van der Waals surface area contributed by atoms with Gasteiger partial charge in [-0.2, -0.15) is 0 Å². The number of ketones is 1. The van der Waals surface area contributed by atoms with Gasteiger partial charge in [0.25, 0.3) is 0 Å². The highest BCUT2D eigenvalue weighted by molar-refractivity contribution is 5.96. The lowest BCUT2D eigenvalue weighted by Crippen LogP contribution is -2.18. The fraction of sp³-hybridized carbons (Fsp3) is 0.333. The summed E-state index contributed by atoms with van der Waals surface area (Å²) in [4.78, 5) is 24.0. The molecule has 0 atom stereocenters. The Hall–Kier alpha value is -2.56. The van der Waals surface area contributed by atoms with Crippen molar-refractivity contribution < 1.29 is 14.3 Å². The van der Waals surface area contributed by atoms with E-state index >= 15 is 0 Å². The molecule has 0 amide bonds. The standard InChI is InChI=1S/C18H21NO4/c1-5-23-18-10-14(6-7-17(18)22-4)16(21)11-19-12(2)8-15(20)9-13(19)3/h6-10H,5,11H2,1-4H3. The molecule has 5 heteroatoms. The molecule has 0 saturated heterocycles. The van der Waals surface area contributed by atoms with Crippen molar-refractivity contribution in [2.75, 3.05) is 13.7 Å². The van der Waals surface area contributed by atoms with Crippen molar-refractivity contribution in [2.45, 2.75) is 27.3 Å². The molecule has 1 heterocycles. The predicted octanol–water partition coefficient (Wildman–Crippen LogP) is 2.76. The SMILES string of the molecule is CCOc1cc(C(=O)Cn2c(C)cc(=O)cc2C)ccc1OC. The van der Waals surface area contributed by atoms with Crippen LogP contribution in [0.25, 0.3) is 0 Å². The smallest absolute Gasteiger partial charge is 0.182 e. The number of hydrogen-bond donors (Lipinski definition) is 0. The van der Waals surface area contributed by atoms with E-state index in [4.69, 9.17) is 9.47 Å². The van der Waals surface area contributed by atoms with Crippen molar-refractivity contribution in [3.63, 3.8) is 0 Å². The Kier molecular flexibility index (Phi) is 5.21. The number of aromatic nitrogens is 1. The number of nitrogens with zero attached hydrogens (tertiary/aromatic N) is 1. The summed E-state index contributed by atoms with van der Waals surface area (Å²) in [5, 5.41) is 0. The molecule has 0 fully saturated rings. The maximum absolute atomic E-state index is 12.6. The van der Waals surface area contributed by atoms with E-state index in [1.54, 1.807) is 25.3 Å². The Balaban J connectivity index is 2.31. The summed E-state index contributed by atoms with van der Waals surface area (Å²) in [6.07, 6.45) is 0. The number of methoxy groups -OCH3 is 1. The topological polar surface area (TPSA) is 57.5 Å². The van der Waals surface area contributed by atoms with Crippen LogP contribution in [0.2, 0.25) is 0 Å². The number of Topliss-reactive ketones (excluding diaryl/α,β-unsaturated/α-hetero) is 1. The molecule has 122 valence electrons. The average Bonchev–Trinajstić information content (AvgIpc) is 2.51. The minimum atomic E-state index is -0.0524. The highest BCUT2D eigenvalue weighted by atomic mass is 16.5. The van der Waals surface area contributed by atoms with E-state index in [9.17, 15) is 9.59 Å². The Bertz CT molecular complexity index is 751. The van der Waals surface area contributed by atoms with Crippen LogP contribution in [0.15, 0.2) is 35.1 Å². The number of rotatable bonds is 6. The van der Waals surface area contributed by atoms with Crippen LogP contribution in [0.1, 0.15) is 28.7 Å². The first-order valence-electron chi connectivity index (χ1n) is 7.48. The Morgan fingerprint density at radius 3 is 2.30 bits per heavy atom. The molecule has 1 aromatic heterocycles. The molecule has 0 radical (unpaired) electrons. The minimum absolute atomic E-state index is 0.0493. The van der Waals surface area contributed by atoms with Crippen LogP contribution in [0.3, 0.4) is 0 Å². The zero-order valence-electron chi connectivity index (χ0n) is 13.9. The van der Waals surface area contributed by atoms with Gasteiger partial charge in [0.05, 0.1) is 20.3 Å². The maximum Gasteiger partial charge on any atom is 0.182 e. The lowest BCUT2D eigenvalue weighted by molar-refractivity contribution is 0.0969. The molecule has 0 N–H and O–H groups in total. The van der Waals surface area contributed by atoms with Gasteiger partial charge in [0.15, 0.2) is 22.7 Å². The molecule has 0 saturated carbocycles. The molecule has 1 aromatic carbocycles. The molecular formula is C18H21NO4. The van der Waals surface area contributed by atoms with Crippen LogP contribution in [0.5, 0.6) is 11.5 Å². The Morgan fingerprint density at radius 1 is 1.09 bits per heavy atom. The number of pyridine rings is 1. The zero-order chi connectivity index (χ0) is 17.0. The third-order valence-corrected chi connectivity index (χ3v) is 3.64. The number of carbonyl (C=O) groups excluding carboxylic acids is 1. The number of aryl methyl sites for hydroxylation is 2. The lowest BCUT2D eigenvalue weighted by atomic mass is 10.1. The summed E-state index contributed by atoms with van der Waals surface area (Å²) in [5.74, 6) is 1.09. The van der Waals surface area contributed by atoms with Crippen LogP contribution >= 0.6 is 0 Å². The first kappa shape index (κ1) is 16.8. The van der Waals surface area contributed by atoms with E-state index in [-0.39, 0.29) is 17.8 Å². The Morgan fingerprint density at radius 2 is 1.74 bits per heavy atom. The van der Waals surface area contributed by atoms with Crippen molar-refractivity contribution in [2.24, 2.45) is 0 Å². The van der Waals surface area contributed by atoms with Gasteiger partial charge in [-0.1, -0.05) is 0 Å². The first-order chi connectivity index (χ1) is 11.0. The first-order valence-corrected chi connectivity index (χ1v) is 7.48. The van der Waals surface area contributed by atoms with Gasteiger partial charge in [-0.3, -0.25) is 9.59 Å². The van der Waals surface area contributed by atoms with Crippen molar-refractivity contribution >= 4 is 5.78 Å². The van der Waals surface area contributed by atoms with Gasteiger partial charge >= 0.3 is 0 Å². The van der Waals surface area contributed by atoms with Crippen LogP contribution in [-0.4, -0.2) is 24.1 Å². The molecule has 0 aliphatic rings. The molecular weight excluding hydrogens is 294 g/mol. The number of ether oxygens (including phenoxy) is 2. The van der Waals surface area contributed by atoms with Crippen molar-refractivity contribution in [3.05, 3.63) is 57.5 Å². The van der Waals surface area contributed by atoms with Crippen molar-refractivity contribution in [1.82, 2.24) is 4.57 Å². The number of carbonyl (C=O) groups is 1. The van der Waals surface area contributed by atoms with E-state index in [1.165, 1.54) is 12.1 Å². The third-order valence-electron chi connectivity index (χ3n) is 3.64. The molecule has 0 aliphatic carbocycles. The van der Waals surface area contributed by atoms with Crippen LogP contribution in [0, 0.1) is 13.8 Å². The van der Waals surface area contributed by atoms with Crippen molar-refractivity contribution in [3.8, 4) is 11.5 Å². The minimum Gasteiger partial charge on any atom is -0.493 e. The largest absolute Gasteiger partial charge is 0.493 e. The van der Waals surface area contributed by atoms with E-state index in [0.717, 1.165) is 11.4 Å². The summed E-state index contributed by atoms with van der Waals surface area (Å²) >= 11 is 0. The number of benzene rings is 1. The van der Waals surface area contributed by atoms with Crippen LogP contribution in [-0.2, 0) is 6.54 Å². The second kappa shape index (κ2) is 7.13. The molecule has 0 unspecified atom stereocenters. The van der Waals surface area contributed by atoms with Gasteiger partial charge in [-0.25, -0.2) is 0 Å². The maximum atomic E-state index is 12.6. The molecule has 23 heavy (non-hydrogen) atoms. The van der Waals surface area contributed by atoms with Gasteiger partial charge in [-0.15, -0.1) is 0 Å². The molecule has 0 spiro atoms. The summed E-state index contributed by atoms with van der Waals surface area (Å²) in [6, 6.07) is 8.19. The fourth-order valence-corrected chi connectivity index (χ4v) is 2.49. The summed E-state index contributed by atoms with van der Waals surface area (Å²) in [7, 11) is 1.56. The quantitative estimate of drug-likeness (QED) is 0.769. The molecule has 5 nitrogen and oxygen atoms in total. The lowest BCUT2D eigenvalue weighted by Gasteiger charge is -2.14. The molecule has 0 aliphatic heterocycles. The second-order valence-electron chi connectivity index (χ2n) is 5.28. The molecule has 0 bridgehead atoms. The molecule has 2 aromatic rings. The summed E-state index contributed by atoms with van der Waals surface area (Å²) < 4.78 is 12.6. The highest BCUT2D eigenvalue weighted by Crippen LogP contribution is 2.28. The van der Waals surface area contributed by atoms with E-state index < -0.39 is 0 Å². The highest BCUT2D eigenvalue weighted by Gasteiger charge is 2.13. The predicted molar refractivity (Wildman–Crippen MR) is 88.7 cm³/mol. The van der Waals surface area contributed by atoms with Gasteiger partial charge in [-0.05, 0) is 39.0 Å². The normalized spacial score (nSPS) is 10.4. The fourth-order valence-electron chi connectivity index (χ4n) is 2.49. The third kappa shape index (κ3) is 3.80. The average molecular weight is 315 g/mol. The number of hydrogen-bond acceptors (Lipinski definition) is 4. The Labute approximate surface area is 135 Å². The van der Waals surface area contributed by atoms with E-state index in [2.05, 4.69) is 0 Å². The summed E-state index contributed by atoms with van der Waals surface area (Å²) in [6.45, 7) is 6.19. The van der Waals surface area contributed by atoms with Gasteiger partial charge in [0, 0.05) is 29.1 Å². The van der Waals surface area contributed by atoms with E-state index in [1.807, 2.05) is 25.3 Å². The summed E-state index contributed by atoms with van der Waals surface area (Å²) in [5.41, 5.74) is 2.03. The van der Waals surface area contributed by atoms with Gasteiger partial charge in [0.2, 0.25) is 0 Å². The van der Waals surface area contributed by atoms with Gasteiger partial charge < -0.3 is 14.0 Å². The van der Waals surface area contributed by atoms with Crippen LogP contribution in [0.4, 0.5) is 0 Å². The molecule has 2 rings (SSSR count). The monoisotopic (exact) mass is 315 g/mol. The van der Waals surface area contributed by atoms with Gasteiger partial charge in [0.1, 0.15) is 0 Å².